The number of H-pyrrole nitrogens is 1. The van der Waals surface area contributed by atoms with Crippen molar-refractivity contribution in [3.05, 3.63) is 11.4 Å². The first-order valence-corrected chi connectivity index (χ1v) is 5.48. The van der Waals surface area contributed by atoms with Crippen LogP contribution in [0.25, 0.3) is 0 Å². The van der Waals surface area contributed by atoms with Gasteiger partial charge in [0.15, 0.2) is 5.69 Å². The molecule has 0 amide bonds. The maximum absolute atomic E-state index is 11.3. The number of carbonyl (C=O) groups is 1. The van der Waals surface area contributed by atoms with Gasteiger partial charge in [0.25, 0.3) is 0 Å². The molecule has 1 fully saturated rings. The maximum Gasteiger partial charge on any atom is 0.360 e. The zero-order chi connectivity index (χ0) is 9.97. The van der Waals surface area contributed by atoms with Gasteiger partial charge in [0.1, 0.15) is 5.69 Å². The monoisotopic (exact) mass is 213 g/mol. The van der Waals surface area contributed by atoms with Crippen LogP contribution >= 0.6 is 11.8 Å². The number of methoxy groups -OCH3 is 1. The summed E-state index contributed by atoms with van der Waals surface area (Å²) < 4.78 is 4.62. The second-order valence-electron chi connectivity index (χ2n) is 3.05. The Hall–Kier alpha value is -1.04. The fourth-order valence-corrected chi connectivity index (χ4v) is 2.78. The van der Waals surface area contributed by atoms with Gasteiger partial charge >= 0.3 is 5.97 Å². The van der Waals surface area contributed by atoms with Crippen LogP contribution in [0, 0.1) is 0 Å². The summed E-state index contributed by atoms with van der Waals surface area (Å²) >= 11 is 1.81. The second kappa shape index (κ2) is 4.00. The number of ether oxygens (including phenoxy) is 1. The first-order chi connectivity index (χ1) is 6.83. The summed E-state index contributed by atoms with van der Waals surface area (Å²) in [7, 11) is 1.35. The summed E-state index contributed by atoms with van der Waals surface area (Å²) in [6.07, 6.45) is 2.23. The third-order valence-electron chi connectivity index (χ3n) is 2.19. The van der Waals surface area contributed by atoms with E-state index in [0.717, 1.165) is 17.9 Å². The Morgan fingerprint density at radius 3 is 3.14 bits per heavy atom. The van der Waals surface area contributed by atoms with Gasteiger partial charge in [-0.3, -0.25) is 0 Å². The minimum atomic E-state index is -0.416. The lowest BCUT2D eigenvalue weighted by Crippen LogP contribution is -2.06. The minimum Gasteiger partial charge on any atom is -0.464 e. The zero-order valence-corrected chi connectivity index (χ0v) is 8.63. The van der Waals surface area contributed by atoms with Crippen LogP contribution in [0.4, 0.5) is 0 Å². The van der Waals surface area contributed by atoms with Crippen molar-refractivity contribution in [3.8, 4) is 0 Å². The molecular formula is C8H11N3O2S. The highest BCUT2D eigenvalue weighted by Gasteiger charge is 2.27. The van der Waals surface area contributed by atoms with Crippen molar-refractivity contribution < 1.29 is 9.53 Å². The van der Waals surface area contributed by atoms with E-state index in [4.69, 9.17) is 0 Å². The van der Waals surface area contributed by atoms with E-state index in [9.17, 15) is 4.79 Å². The molecule has 1 aromatic heterocycles. The number of rotatable bonds is 2. The highest BCUT2D eigenvalue weighted by Crippen LogP contribution is 2.39. The van der Waals surface area contributed by atoms with E-state index in [0.29, 0.717) is 10.9 Å². The third-order valence-corrected chi connectivity index (χ3v) is 3.57. The van der Waals surface area contributed by atoms with Crippen molar-refractivity contribution in [1.29, 1.82) is 0 Å². The molecule has 1 aliphatic heterocycles. The molecule has 1 N–H and O–H groups in total. The van der Waals surface area contributed by atoms with Gasteiger partial charge in [0.05, 0.1) is 12.4 Å². The fourth-order valence-electron chi connectivity index (χ4n) is 1.50. The molecule has 0 saturated carbocycles. The van der Waals surface area contributed by atoms with Gasteiger partial charge in [-0.25, -0.2) is 4.79 Å². The minimum absolute atomic E-state index is 0.294. The van der Waals surface area contributed by atoms with Crippen molar-refractivity contribution in [2.24, 2.45) is 0 Å². The Morgan fingerprint density at radius 2 is 2.50 bits per heavy atom. The molecule has 1 aromatic rings. The van der Waals surface area contributed by atoms with Gasteiger partial charge < -0.3 is 4.74 Å². The Kier molecular flexibility index (Phi) is 2.72. The van der Waals surface area contributed by atoms with Crippen molar-refractivity contribution in [2.75, 3.05) is 12.9 Å². The van der Waals surface area contributed by atoms with E-state index in [-0.39, 0.29) is 0 Å². The Labute approximate surface area is 85.6 Å². The van der Waals surface area contributed by atoms with Crippen LogP contribution in [0.1, 0.15) is 34.3 Å². The third kappa shape index (κ3) is 1.61. The fraction of sp³-hybridized carbons (Fsp3) is 0.625. The van der Waals surface area contributed by atoms with Crippen molar-refractivity contribution >= 4 is 17.7 Å². The molecule has 1 saturated heterocycles. The predicted molar refractivity (Wildman–Crippen MR) is 52.2 cm³/mol. The topological polar surface area (TPSA) is 67.9 Å². The quantitative estimate of drug-likeness (QED) is 0.746. The molecule has 0 aromatic carbocycles. The van der Waals surface area contributed by atoms with Crippen LogP contribution in [-0.2, 0) is 4.74 Å². The van der Waals surface area contributed by atoms with E-state index in [1.54, 1.807) is 0 Å². The summed E-state index contributed by atoms with van der Waals surface area (Å²) in [5.41, 5.74) is 1.06. The van der Waals surface area contributed by atoms with Crippen LogP contribution in [0.3, 0.4) is 0 Å². The molecule has 0 radical (unpaired) electrons. The number of esters is 1. The number of aromatic nitrogens is 3. The van der Waals surface area contributed by atoms with Gasteiger partial charge in [-0.15, -0.1) is 5.10 Å². The predicted octanol–water partition coefficient (Wildman–Crippen LogP) is 1.16. The first-order valence-electron chi connectivity index (χ1n) is 4.43. The number of nitrogens with one attached hydrogen (secondary N) is 1. The van der Waals surface area contributed by atoms with E-state index >= 15 is 0 Å². The van der Waals surface area contributed by atoms with E-state index in [1.807, 2.05) is 11.8 Å². The molecule has 6 heteroatoms. The lowest BCUT2D eigenvalue weighted by molar-refractivity contribution is 0.0592. The van der Waals surface area contributed by atoms with Gasteiger partial charge in [0, 0.05) is 0 Å². The number of carbonyl (C=O) groups excluding carboxylic acids is 1. The molecule has 0 aliphatic carbocycles. The van der Waals surface area contributed by atoms with Crippen LogP contribution < -0.4 is 0 Å². The molecule has 14 heavy (non-hydrogen) atoms. The SMILES string of the molecule is COC(=O)c1n[nH]nc1C1CCCS1. The number of aromatic amines is 1. The van der Waals surface area contributed by atoms with Crippen molar-refractivity contribution in [3.63, 3.8) is 0 Å². The highest BCUT2D eigenvalue weighted by molar-refractivity contribution is 7.99. The van der Waals surface area contributed by atoms with E-state index < -0.39 is 5.97 Å². The lowest BCUT2D eigenvalue weighted by atomic mass is 10.1. The Balaban J connectivity index is 2.24. The molecule has 1 aliphatic rings. The van der Waals surface area contributed by atoms with Crippen LogP contribution in [0.2, 0.25) is 0 Å². The van der Waals surface area contributed by atoms with Gasteiger partial charge in [-0.05, 0) is 18.6 Å². The highest BCUT2D eigenvalue weighted by atomic mass is 32.2. The molecule has 0 spiro atoms. The smallest absolute Gasteiger partial charge is 0.360 e. The van der Waals surface area contributed by atoms with Crippen molar-refractivity contribution in [2.45, 2.75) is 18.1 Å². The zero-order valence-electron chi connectivity index (χ0n) is 7.82. The van der Waals surface area contributed by atoms with Crippen LogP contribution in [-0.4, -0.2) is 34.2 Å². The standard InChI is InChI=1S/C8H11N3O2S/c1-13-8(12)7-6(9-11-10-7)5-3-2-4-14-5/h5H,2-4H2,1H3,(H,9,10,11). The summed E-state index contributed by atoms with van der Waals surface area (Å²) in [4.78, 5) is 11.3. The normalized spacial score (nSPS) is 21.1. The van der Waals surface area contributed by atoms with E-state index in [2.05, 4.69) is 20.1 Å². The Bertz CT molecular complexity index is 333. The van der Waals surface area contributed by atoms with Gasteiger partial charge in [0.2, 0.25) is 0 Å². The molecule has 2 rings (SSSR count). The average Bonchev–Trinajstić information content (AvgIpc) is 2.85. The molecule has 1 unspecified atom stereocenters. The van der Waals surface area contributed by atoms with Crippen molar-refractivity contribution in [1.82, 2.24) is 15.4 Å². The summed E-state index contributed by atoms with van der Waals surface area (Å²) in [5, 5.41) is 10.6. The number of thioether (sulfide) groups is 1. The maximum atomic E-state index is 11.3. The largest absolute Gasteiger partial charge is 0.464 e. The van der Waals surface area contributed by atoms with Crippen LogP contribution in [0.5, 0.6) is 0 Å². The summed E-state index contributed by atoms with van der Waals surface area (Å²) in [5.74, 6) is 0.708. The lowest BCUT2D eigenvalue weighted by Gasteiger charge is -2.04. The van der Waals surface area contributed by atoms with Gasteiger partial charge in [-0.1, -0.05) is 0 Å². The molecule has 0 bridgehead atoms. The summed E-state index contributed by atoms with van der Waals surface area (Å²) in [6.45, 7) is 0. The van der Waals surface area contributed by atoms with Crippen LogP contribution in [0.15, 0.2) is 0 Å². The number of hydrogen-bond donors (Lipinski definition) is 1. The molecule has 5 nitrogen and oxygen atoms in total. The molecular weight excluding hydrogens is 202 g/mol. The Morgan fingerprint density at radius 1 is 1.64 bits per heavy atom. The number of nitrogens with zero attached hydrogens (tertiary/aromatic N) is 2. The molecule has 76 valence electrons. The van der Waals surface area contributed by atoms with E-state index in [1.165, 1.54) is 13.5 Å². The summed E-state index contributed by atoms with van der Waals surface area (Å²) in [6, 6.07) is 0. The van der Waals surface area contributed by atoms with Gasteiger partial charge in [-0.2, -0.15) is 22.1 Å². The first kappa shape index (κ1) is 9.51. The molecule has 1 atom stereocenters. The molecule has 2 heterocycles. The number of hydrogen-bond acceptors (Lipinski definition) is 5. The average molecular weight is 213 g/mol. The second-order valence-corrected chi connectivity index (χ2v) is 4.36.